The number of hydrogen-bond donors (Lipinski definition) is 0. The summed E-state index contributed by atoms with van der Waals surface area (Å²) in [6, 6.07) is 3.37. The number of hydrogen-bond acceptors (Lipinski definition) is 2. The van der Waals surface area contributed by atoms with Gasteiger partial charge in [0.2, 0.25) is 0 Å². The smallest absolute Gasteiger partial charge is 0.179 e. The summed E-state index contributed by atoms with van der Waals surface area (Å²) in [6.07, 6.45) is 1.82. The van der Waals surface area contributed by atoms with Crippen LogP contribution in [0.3, 0.4) is 0 Å². The summed E-state index contributed by atoms with van der Waals surface area (Å²) in [7, 11) is 1.45. The molecular weight excluding hydrogens is 243 g/mol. The van der Waals surface area contributed by atoms with Gasteiger partial charge in [-0.25, -0.2) is 4.39 Å². The van der Waals surface area contributed by atoms with Gasteiger partial charge in [0.05, 0.1) is 12.0 Å². The van der Waals surface area contributed by atoms with Crippen LogP contribution in [0.1, 0.15) is 0 Å². The van der Waals surface area contributed by atoms with Crippen molar-refractivity contribution >= 4 is 27.7 Å². The molecular formula is C8H8BrFOS. The predicted molar refractivity (Wildman–Crippen MR) is 52.4 cm³/mol. The molecule has 0 heterocycles. The maximum atomic E-state index is 13.4. The van der Waals surface area contributed by atoms with Gasteiger partial charge < -0.3 is 4.74 Å². The highest BCUT2D eigenvalue weighted by Gasteiger charge is 2.10. The predicted octanol–water partition coefficient (Wildman–Crippen LogP) is 3.32. The highest BCUT2D eigenvalue weighted by atomic mass is 79.9. The van der Waals surface area contributed by atoms with Crippen molar-refractivity contribution in [3.05, 3.63) is 22.4 Å². The minimum atomic E-state index is -0.306. The molecule has 0 aliphatic heterocycles. The summed E-state index contributed by atoms with van der Waals surface area (Å²) in [5.74, 6) is -0.0260. The lowest BCUT2D eigenvalue weighted by Crippen LogP contribution is -1.90. The number of methoxy groups -OCH3 is 1. The summed E-state index contributed by atoms with van der Waals surface area (Å²) in [4.78, 5) is 0.578. The van der Waals surface area contributed by atoms with Crippen LogP contribution in [0.15, 0.2) is 21.5 Å². The first-order valence-corrected chi connectivity index (χ1v) is 5.28. The molecule has 0 saturated heterocycles. The standard InChI is InChI=1S/C8H8BrFOS/c1-11-6-4-3-5(9)8(12-2)7(6)10/h3-4H,1-2H3. The third kappa shape index (κ3) is 1.75. The molecule has 0 radical (unpaired) electrons. The Hall–Kier alpha value is -0.220. The van der Waals surface area contributed by atoms with Crippen LogP contribution in [0.4, 0.5) is 4.39 Å². The van der Waals surface area contributed by atoms with Gasteiger partial charge in [-0.05, 0) is 34.3 Å². The Morgan fingerprint density at radius 1 is 1.50 bits per heavy atom. The Bertz CT molecular complexity index is 291. The molecule has 1 aromatic rings. The minimum Gasteiger partial charge on any atom is -0.494 e. The summed E-state index contributed by atoms with van der Waals surface area (Å²) < 4.78 is 18.9. The molecule has 1 nitrogen and oxygen atoms in total. The first-order valence-electron chi connectivity index (χ1n) is 3.26. The van der Waals surface area contributed by atoms with Crippen LogP contribution in [0, 0.1) is 5.82 Å². The molecule has 0 bridgehead atoms. The van der Waals surface area contributed by atoms with Gasteiger partial charge in [0.1, 0.15) is 0 Å². The van der Waals surface area contributed by atoms with Crippen LogP contribution in [-0.4, -0.2) is 13.4 Å². The average molecular weight is 251 g/mol. The molecule has 0 unspecified atom stereocenters. The van der Waals surface area contributed by atoms with Crippen LogP contribution in [-0.2, 0) is 0 Å². The van der Waals surface area contributed by atoms with E-state index in [1.165, 1.54) is 18.9 Å². The second kappa shape index (κ2) is 4.14. The first kappa shape index (κ1) is 9.86. The maximum absolute atomic E-state index is 13.4. The first-order chi connectivity index (χ1) is 5.70. The van der Waals surface area contributed by atoms with Crippen molar-refractivity contribution in [2.24, 2.45) is 0 Å². The average Bonchev–Trinajstić information content (AvgIpc) is 2.06. The van der Waals surface area contributed by atoms with E-state index in [1.54, 1.807) is 12.1 Å². The third-order valence-corrected chi connectivity index (χ3v) is 3.17. The van der Waals surface area contributed by atoms with E-state index in [-0.39, 0.29) is 11.6 Å². The van der Waals surface area contributed by atoms with Crippen LogP contribution in [0.2, 0.25) is 0 Å². The van der Waals surface area contributed by atoms with Crippen molar-refractivity contribution in [1.82, 2.24) is 0 Å². The van der Waals surface area contributed by atoms with Gasteiger partial charge in [-0.2, -0.15) is 0 Å². The molecule has 12 heavy (non-hydrogen) atoms. The van der Waals surface area contributed by atoms with Gasteiger partial charge in [0, 0.05) is 4.47 Å². The van der Waals surface area contributed by atoms with Crippen LogP contribution < -0.4 is 4.74 Å². The lowest BCUT2D eigenvalue weighted by molar-refractivity contribution is 0.381. The van der Waals surface area contributed by atoms with Crippen molar-refractivity contribution < 1.29 is 9.13 Å². The molecule has 0 N–H and O–H groups in total. The summed E-state index contributed by atoms with van der Waals surface area (Å²) in [5.41, 5.74) is 0. The highest BCUT2D eigenvalue weighted by Crippen LogP contribution is 2.33. The quantitative estimate of drug-likeness (QED) is 0.745. The number of thioether (sulfide) groups is 1. The molecule has 0 aromatic heterocycles. The molecule has 0 aliphatic carbocycles. The van der Waals surface area contributed by atoms with E-state index in [4.69, 9.17) is 4.74 Å². The van der Waals surface area contributed by atoms with E-state index in [9.17, 15) is 4.39 Å². The van der Waals surface area contributed by atoms with Gasteiger partial charge in [-0.1, -0.05) is 0 Å². The van der Waals surface area contributed by atoms with E-state index >= 15 is 0 Å². The van der Waals surface area contributed by atoms with Gasteiger partial charge in [-0.15, -0.1) is 11.8 Å². The van der Waals surface area contributed by atoms with Gasteiger partial charge in [0.15, 0.2) is 11.6 Å². The van der Waals surface area contributed by atoms with E-state index < -0.39 is 0 Å². The van der Waals surface area contributed by atoms with E-state index in [0.29, 0.717) is 4.90 Å². The zero-order chi connectivity index (χ0) is 9.14. The number of benzene rings is 1. The summed E-state index contributed by atoms with van der Waals surface area (Å²) in [5, 5.41) is 0. The summed E-state index contributed by atoms with van der Waals surface area (Å²) in [6.45, 7) is 0. The lowest BCUT2D eigenvalue weighted by atomic mass is 10.3. The highest BCUT2D eigenvalue weighted by molar-refractivity contribution is 9.10. The topological polar surface area (TPSA) is 9.23 Å². The molecule has 0 aliphatic rings. The lowest BCUT2D eigenvalue weighted by Gasteiger charge is -2.06. The third-order valence-electron chi connectivity index (χ3n) is 1.44. The number of ether oxygens (including phenoxy) is 1. The van der Waals surface area contributed by atoms with E-state index in [0.717, 1.165) is 4.47 Å². The molecule has 0 spiro atoms. The monoisotopic (exact) mass is 250 g/mol. The SMILES string of the molecule is COc1ccc(Br)c(SC)c1F. The second-order valence-electron chi connectivity index (χ2n) is 2.10. The van der Waals surface area contributed by atoms with E-state index in [1.807, 2.05) is 6.26 Å². The Balaban J connectivity index is 3.24. The van der Waals surface area contributed by atoms with Crippen LogP contribution in [0.25, 0.3) is 0 Å². The fraction of sp³-hybridized carbons (Fsp3) is 0.250. The van der Waals surface area contributed by atoms with Gasteiger partial charge in [-0.3, -0.25) is 0 Å². The molecule has 1 rings (SSSR count). The molecule has 0 fully saturated rings. The van der Waals surface area contributed by atoms with E-state index in [2.05, 4.69) is 15.9 Å². The van der Waals surface area contributed by atoms with Crippen molar-refractivity contribution in [3.63, 3.8) is 0 Å². The maximum Gasteiger partial charge on any atom is 0.179 e. The number of halogens is 2. The Morgan fingerprint density at radius 2 is 2.17 bits per heavy atom. The van der Waals surface area contributed by atoms with Crippen molar-refractivity contribution in [2.45, 2.75) is 4.90 Å². The number of rotatable bonds is 2. The summed E-state index contributed by atoms with van der Waals surface area (Å²) >= 11 is 4.60. The Morgan fingerprint density at radius 3 is 2.67 bits per heavy atom. The Labute approximate surface area is 83.4 Å². The van der Waals surface area contributed by atoms with Crippen LogP contribution in [0.5, 0.6) is 5.75 Å². The zero-order valence-electron chi connectivity index (χ0n) is 6.73. The van der Waals surface area contributed by atoms with Crippen molar-refractivity contribution in [2.75, 3.05) is 13.4 Å². The van der Waals surface area contributed by atoms with Crippen molar-refractivity contribution in [1.29, 1.82) is 0 Å². The molecule has 0 amide bonds. The largest absolute Gasteiger partial charge is 0.494 e. The Kier molecular flexibility index (Phi) is 3.40. The van der Waals surface area contributed by atoms with Gasteiger partial charge in [0.25, 0.3) is 0 Å². The molecule has 1 aromatic carbocycles. The molecule has 66 valence electrons. The molecule has 0 atom stereocenters. The molecule has 4 heteroatoms. The van der Waals surface area contributed by atoms with Gasteiger partial charge >= 0.3 is 0 Å². The molecule has 0 saturated carbocycles. The second-order valence-corrected chi connectivity index (χ2v) is 3.77. The minimum absolute atomic E-state index is 0.280. The normalized spacial score (nSPS) is 10.0. The van der Waals surface area contributed by atoms with Crippen LogP contribution >= 0.6 is 27.7 Å². The fourth-order valence-corrected chi connectivity index (χ4v) is 2.19. The fourth-order valence-electron chi connectivity index (χ4n) is 0.859. The zero-order valence-corrected chi connectivity index (χ0v) is 9.13. The van der Waals surface area contributed by atoms with Crippen molar-refractivity contribution in [3.8, 4) is 5.75 Å².